The van der Waals surface area contributed by atoms with E-state index in [1.807, 2.05) is 0 Å². The summed E-state index contributed by atoms with van der Waals surface area (Å²) in [7, 11) is 1.58. The number of hydrogen-bond donors (Lipinski definition) is 3. The molecule has 0 bridgehead atoms. The summed E-state index contributed by atoms with van der Waals surface area (Å²) in [6.45, 7) is 1.88. The van der Waals surface area contributed by atoms with Crippen LogP contribution < -0.4 is 10.1 Å². The Morgan fingerprint density at radius 1 is 1.23 bits per heavy atom. The second-order valence-corrected chi connectivity index (χ2v) is 6.91. The van der Waals surface area contributed by atoms with Crippen molar-refractivity contribution >= 4 is 5.91 Å². The fraction of sp³-hybridized carbons (Fsp3) is 0.632. The number of benzene rings is 1. The summed E-state index contributed by atoms with van der Waals surface area (Å²) in [5.74, 6) is 0.496. The predicted molar refractivity (Wildman–Crippen MR) is 96.3 cm³/mol. The van der Waals surface area contributed by atoms with Crippen molar-refractivity contribution in [2.75, 3.05) is 33.4 Å². The fourth-order valence-corrected chi connectivity index (χ4v) is 3.85. The Hall–Kier alpha value is -1.67. The summed E-state index contributed by atoms with van der Waals surface area (Å²) >= 11 is 0. The molecule has 2 saturated heterocycles. The van der Waals surface area contributed by atoms with Crippen molar-refractivity contribution in [2.24, 2.45) is 0 Å². The maximum absolute atomic E-state index is 12.4. The molecule has 2 fully saturated rings. The molecule has 0 spiro atoms. The van der Waals surface area contributed by atoms with Gasteiger partial charge in [-0.25, -0.2) is 0 Å². The van der Waals surface area contributed by atoms with E-state index in [0.29, 0.717) is 17.9 Å². The van der Waals surface area contributed by atoms with Crippen LogP contribution in [0.25, 0.3) is 0 Å². The highest BCUT2D eigenvalue weighted by Crippen LogP contribution is 2.28. The van der Waals surface area contributed by atoms with Crippen molar-refractivity contribution in [1.29, 1.82) is 0 Å². The van der Waals surface area contributed by atoms with Gasteiger partial charge in [0, 0.05) is 12.1 Å². The van der Waals surface area contributed by atoms with Crippen LogP contribution in [0, 0.1) is 0 Å². The van der Waals surface area contributed by atoms with Gasteiger partial charge in [0.1, 0.15) is 18.0 Å². The number of rotatable bonds is 6. The molecule has 4 atom stereocenters. The molecule has 1 aromatic carbocycles. The molecule has 0 saturated carbocycles. The van der Waals surface area contributed by atoms with Gasteiger partial charge in [0.25, 0.3) is 5.91 Å². The SMILES string of the molecule is COc1ccc(C(=O)NCC2OC(CO)C(O)C2N2CCCCC2)cc1. The summed E-state index contributed by atoms with van der Waals surface area (Å²) in [6.07, 6.45) is 1.69. The molecular weight excluding hydrogens is 336 g/mol. The zero-order chi connectivity index (χ0) is 18.5. The van der Waals surface area contributed by atoms with E-state index < -0.39 is 12.2 Å². The summed E-state index contributed by atoms with van der Waals surface area (Å²) in [4.78, 5) is 14.6. The Kier molecular flexibility index (Phi) is 6.48. The van der Waals surface area contributed by atoms with Gasteiger partial charge in [-0.05, 0) is 50.2 Å². The molecule has 7 heteroatoms. The predicted octanol–water partition coefficient (Wildman–Crippen LogP) is 0.400. The average Bonchev–Trinajstić information content (AvgIpc) is 3.02. The van der Waals surface area contributed by atoms with E-state index in [0.717, 1.165) is 25.9 Å². The maximum Gasteiger partial charge on any atom is 0.251 e. The standard InChI is InChI=1S/C19H28N2O5/c1-25-14-7-5-13(6-8-14)19(24)20-11-15-17(18(23)16(12-22)26-15)21-9-3-2-4-10-21/h5-8,15-18,22-23H,2-4,9-12H2,1H3,(H,20,24). The molecule has 1 amide bonds. The molecule has 7 nitrogen and oxygen atoms in total. The molecule has 0 radical (unpaired) electrons. The maximum atomic E-state index is 12.4. The van der Waals surface area contributed by atoms with E-state index in [2.05, 4.69) is 10.2 Å². The second-order valence-electron chi connectivity index (χ2n) is 6.91. The minimum Gasteiger partial charge on any atom is -0.497 e. The van der Waals surface area contributed by atoms with E-state index >= 15 is 0 Å². The summed E-state index contributed by atoms with van der Waals surface area (Å²) in [5.41, 5.74) is 0.539. The van der Waals surface area contributed by atoms with Crippen molar-refractivity contribution in [3.63, 3.8) is 0 Å². The van der Waals surface area contributed by atoms with Gasteiger partial charge >= 0.3 is 0 Å². The van der Waals surface area contributed by atoms with Gasteiger partial charge in [-0.3, -0.25) is 9.69 Å². The van der Waals surface area contributed by atoms with Crippen LogP contribution in [0.2, 0.25) is 0 Å². The zero-order valence-corrected chi connectivity index (χ0v) is 15.1. The first-order chi connectivity index (χ1) is 12.6. The van der Waals surface area contributed by atoms with Gasteiger partial charge in [0.15, 0.2) is 0 Å². The van der Waals surface area contributed by atoms with Crippen molar-refractivity contribution in [2.45, 2.75) is 43.6 Å². The Labute approximate surface area is 153 Å². The molecule has 3 N–H and O–H groups in total. The first-order valence-electron chi connectivity index (χ1n) is 9.24. The number of amides is 1. The van der Waals surface area contributed by atoms with Crippen LogP contribution in [0.15, 0.2) is 24.3 Å². The lowest BCUT2D eigenvalue weighted by atomic mass is 9.99. The van der Waals surface area contributed by atoms with Gasteiger partial charge < -0.3 is 25.0 Å². The monoisotopic (exact) mass is 364 g/mol. The molecule has 0 aromatic heterocycles. The van der Waals surface area contributed by atoms with Crippen LogP contribution in [0.3, 0.4) is 0 Å². The van der Waals surface area contributed by atoms with Crippen LogP contribution in [-0.2, 0) is 4.74 Å². The lowest BCUT2D eigenvalue weighted by molar-refractivity contribution is -0.0209. The number of likely N-dealkylation sites (tertiary alicyclic amines) is 1. The Morgan fingerprint density at radius 3 is 2.54 bits per heavy atom. The number of aliphatic hydroxyl groups excluding tert-OH is 2. The molecule has 26 heavy (non-hydrogen) atoms. The molecule has 2 heterocycles. The highest BCUT2D eigenvalue weighted by atomic mass is 16.5. The minimum absolute atomic E-state index is 0.199. The van der Waals surface area contributed by atoms with Crippen molar-refractivity contribution in [3.05, 3.63) is 29.8 Å². The minimum atomic E-state index is -0.749. The molecular formula is C19H28N2O5. The smallest absolute Gasteiger partial charge is 0.251 e. The van der Waals surface area contributed by atoms with Crippen molar-refractivity contribution in [1.82, 2.24) is 10.2 Å². The fourth-order valence-electron chi connectivity index (χ4n) is 3.85. The number of methoxy groups -OCH3 is 1. The van der Waals surface area contributed by atoms with E-state index in [4.69, 9.17) is 9.47 Å². The number of nitrogens with one attached hydrogen (secondary N) is 1. The van der Waals surface area contributed by atoms with Gasteiger partial charge in [-0.15, -0.1) is 0 Å². The van der Waals surface area contributed by atoms with E-state index in [9.17, 15) is 15.0 Å². The van der Waals surface area contributed by atoms with Crippen LogP contribution in [0.4, 0.5) is 0 Å². The number of ether oxygens (including phenoxy) is 2. The normalized spacial score (nSPS) is 29.5. The van der Waals surface area contributed by atoms with Crippen LogP contribution in [0.5, 0.6) is 5.75 Å². The quantitative estimate of drug-likeness (QED) is 0.677. The number of piperidine rings is 1. The third-order valence-electron chi connectivity index (χ3n) is 5.27. The molecule has 1 aromatic rings. The summed E-state index contributed by atoms with van der Waals surface area (Å²) < 4.78 is 10.9. The Balaban J connectivity index is 1.62. The first kappa shape index (κ1) is 19.1. The third-order valence-corrected chi connectivity index (χ3v) is 5.27. The third kappa shape index (κ3) is 4.17. The highest BCUT2D eigenvalue weighted by molar-refractivity contribution is 5.94. The zero-order valence-electron chi connectivity index (χ0n) is 15.1. The molecule has 3 rings (SSSR count). The topological polar surface area (TPSA) is 91.3 Å². The Morgan fingerprint density at radius 2 is 1.92 bits per heavy atom. The Bertz CT molecular complexity index is 588. The van der Waals surface area contributed by atoms with E-state index in [1.165, 1.54) is 6.42 Å². The van der Waals surface area contributed by atoms with Crippen LogP contribution in [0.1, 0.15) is 29.6 Å². The lowest BCUT2D eigenvalue weighted by Crippen LogP contribution is -2.52. The van der Waals surface area contributed by atoms with E-state index in [1.54, 1.807) is 31.4 Å². The molecule has 2 aliphatic rings. The largest absolute Gasteiger partial charge is 0.497 e. The summed E-state index contributed by atoms with van der Waals surface area (Å²) in [6, 6.07) is 6.68. The van der Waals surface area contributed by atoms with Crippen molar-refractivity contribution in [3.8, 4) is 5.75 Å². The van der Waals surface area contributed by atoms with Crippen LogP contribution >= 0.6 is 0 Å². The number of hydrogen-bond acceptors (Lipinski definition) is 6. The summed E-state index contributed by atoms with van der Waals surface area (Å²) in [5, 5.41) is 22.9. The highest BCUT2D eigenvalue weighted by Gasteiger charge is 2.46. The van der Waals surface area contributed by atoms with Gasteiger partial charge in [-0.1, -0.05) is 6.42 Å². The molecule has 0 aliphatic carbocycles. The van der Waals surface area contributed by atoms with E-state index in [-0.39, 0.29) is 24.7 Å². The molecule has 144 valence electrons. The van der Waals surface area contributed by atoms with Gasteiger partial charge in [0.2, 0.25) is 0 Å². The molecule has 4 unspecified atom stereocenters. The second kappa shape index (κ2) is 8.81. The first-order valence-corrected chi connectivity index (χ1v) is 9.24. The number of carbonyl (C=O) groups is 1. The van der Waals surface area contributed by atoms with Gasteiger partial charge in [0.05, 0.1) is 25.9 Å². The number of carbonyl (C=O) groups excluding carboxylic acids is 1. The molecule has 2 aliphatic heterocycles. The van der Waals surface area contributed by atoms with Gasteiger partial charge in [-0.2, -0.15) is 0 Å². The van der Waals surface area contributed by atoms with Crippen molar-refractivity contribution < 1.29 is 24.5 Å². The number of aliphatic hydroxyl groups is 2. The van der Waals surface area contributed by atoms with Crippen LogP contribution in [-0.4, -0.2) is 78.7 Å². The average molecular weight is 364 g/mol. The number of nitrogens with zero attached hydrogens (tertiary/aromatic N) is 1. The lowest BCUT2D eigenvalue weighted by Gasteiger charge is -2.36.